The van der Waals surface area contributed by atoms with Gasteiger partial charge in [0, 0.05) is 34.3 Å². The van der Waals surface area contributed by atoms with E-state index >= 15 is 0 Å². The second kappa shape index (κ2) is 5.46. The van der Waals surface area contributed by atoms with Gasteiger partial charge in [-0.1, -0.05) is 12.1 Å². The highest BCUT2D eigenvalue weighted by Crippen LogP contribution is 2.21. The van der Waals surface area contributed by atoms with Crippen LogP contribution in [0, 0.1) is 0 Å². The highest BCUT2D eigenvalue weighted by atomic mass is 79.9. The fourth-order valence-corrected chi connectivity index (χ4v) is 2.46. The predicted molar refractivity (Wildman–Crippen MR) is 83.1 cm³/mol. The van der Waals surface area contributed by atoms with Gasteiger partial charge in [0.05, 0.1) is 12.7 Å². The first-order valence-electron chi connectivity index (χ1n) is 6.18. The second-order valence-electron chi connectivity index (χ2n) is 4.56. The van der Waals surface area contributed by atoms with Crippen LogP contribution in [0.25, 0.3) is 11.1 Å². The fourth-order valence-electron chi connectivity index (χ4n) is 2.05. The summed E-state index contributed by atoms with van der Waals surface area (Å²) in [7, 11) is 0. The summed E-state index contributed by atoms with van der Waals surface area (Å²) in [6, 6.07) is 9.83. The van der Waals surface area contributed by atoms with E-state index < -0.39 is 0 Å². The lowest BCUT2D eigenvalue weighted by Crippen LogP contribution is -2.00. The van der Waals surface area contributed by atoms with Gasteiger partial charge in [0.25, 0.3) is 0 Å². The van der Waals surface area contributed by atoms with Gasteiger partial charge in [0.2, 0.25) is 0 Å². The minimum Gasteiger partial charge on any atom is -0.399 e. The Morgan fingerprint density at radius 2 is 2.00 bits per heavy atom. The van der Waals surface area contributed by atoms with Crippen LogP contribution in [0.3, 0.4) is 0 Å². The topological polar surface area (TPSA) is 56.7 Å². The van der Waals surface area contributed by atoms with E-state index in [1.807, 2.05) is 53.6 Å². The van der Waals surface area contributed by atoms with Crippen LogP contribution in [-0.4, -0.2) is 14.8 Å². The van der Waals surface area contributed by atoms with Crippen molar-refractivity contribution in [2.45, 2.75) is 6.54 Å². The van der Waals surface area contributed by atoms with Crippen molar-refractivity contribution < 1.29 is 0 Å². The number of hydrogen-bond donors (Lipinski definition) is 1. The van der Waals surface area contributed by atoms with Crippen LogP contribution < -0.4 is 5.73 Å². The zero-order valence-corrected chi connectivity index (χ0v) is 12.3. The molecule has 0 atom stereocenters. The van der Waals surface area contributed by atoms with Crippen molar-refractivity contribution >= 4 is 21.6 Å². The molecule has 100 valence electrons. The van der Waals surface area contributed by atoms with Crippen molar-refractivity contribution in [3.63, 3.8) is 0 Å². The summed E-state index contributed by atoms with van der Waals surface area (Å²) < 4.78 is 2.86. The summed E-state index contributed by atoms with van der Waals surface area (Å²) in [5, 5.41) is 4.38. The highest BCUT2D eigenvalue weighted by molar-refractivity contribution is 9.10. The van der Waals surface area contributed by atoms with E-state index in [9.17, 15) is 0 Å². The SMILES string of the molecule is Nc1cccc(-c2cnn(Cc3cncc(Br)c3)c2)c1. The van der Waals surface area contributed by atoms with Gasteiger partial charge in [-0.25, -0.2) is 0 Å². The zero-order valence-electron chi connectivity index (χ0n) is 10.7. The number of anilines is 1. The smallest absolute Gasteiger partial charge is 0.0675 e. The molecule has 1 aromatic carbocycles. The third-order valence-corrected chi connectivity index (χ3v) is 3.39. The van der Waals surface area contributed by atoms with Gasteiger partial charge in [-0.2, -0.15) is 5.10 Å². The first kappa shape index (κ1) is 12.9. The molecule has 5 heteroatoms. The van der Waals surface area contributed by atoms with Crippen molar-refractivity contribution in [1.82, 2.24) is 14.8 Å². The Hall–Kier alpha value is -2.14. The Morgan fingerprint density at radius 3 is 2.80 bits per heavy atom. The molecule has 0 spiro atoms. The number of halogens is 1. The van der Waals surface area contributed by atoms with E-state index in [1.54, 1.807) is 6.20 Å². The number of pyridine rings is 1. The molecule has 0 aliphatic heterocycles. The number of nitrogen functional groups attached to an aromatic ring is 1. The van der Waals surface area contributed by atoms with E-state index in [4.69, 9.17) is 5.73 Å². The molecular weight excluding hydrogens is 316 g/mol. The molecule has 0 radical (unpaired) electrons. The Morgan fingerprint density at radius 1 is 1.10 bits per heavy atom. The summed E-state index contributed by atoms with van der Waals surface area (Å²) in [5.41, 5.74) is 9.79. The Balaban J connectivity index is 1.84. The lowest BCUT2D eigenvalue weighted by Gasteiger charge is -2.02. The summed E-state index contributed by atoms with van der Waals surface area (Å²) in [5.74, 6) is 0. The second-order valence-corrected chi connectivity index (χ2v) is 5.48. The maximum absolute atomic E-state index is 5.80. The van der Waals surface area contributed by atoms with Crippen LogP contribution in [-0.2, 0) is 6.54 Å². The molecule has 0 amide bonds. The minimum atomic E-state index is 0.689. The van der Waals surface area contributed by atoms with Crippen LogP contribution in [0.15, 0.2) is 59.6 Å². The minimum absolute atomic E-state index is 0.689. The third-order valence-electron chi connectivity index (χ3n) is 2.96. The molecule has 4 nitrogen and oxygen atoms in total. The van der Waals surface area contributed by atoms with E-state index in [2.05, 4.69) is 26.0 Å². The Labute approximate surface area is 125 Å². The van der Waals surface area contributed by atoms with E-state index in [0.29, 0.717) is 6.54 Å². The van der Waals surface area contributed by atoms with Gasteiger partial charge in [-0.3, -0.25) is 9.67 Å². The maximum atomic E-state index is 5.80. The molecule has 0 aliphatic carbocycles. The summed E-state index contributed by atoms with van der Waals surface area (Å²) in [6.07, 6.45) is 7.47. The molecule has 0 fully saturated rings. The van der Waals surface area contributed by atoms with E-state index in [0.717, 1.165) is 26.9 Å². The molecular formula is C15H13BrN4. The maximum Gasteiger partial charge on any atom is 0.0675 e. The van der Waals surface area contributed by atoms with Crippen LogP contribution in [0.2, 0.25) is 0 Å². The number of nitrogens with zero attached hydrogens (tertiary/aromatic N) is 3. The molecule has 0 bridgehead atoms. The largest absolute Gasteiger partial charge is 0.399 e. The number of benzene rings is 1. The standard InChI is InChI=1S/C15H13BrN4/c16-14-4-11(6-18-8-14)9-20-10-13(7-19-20)12-2-1-3-15(17)5-12/h1-8,10H,9,17H2. The molecule has 0 unspecified atom stereocenters. The van der Waals surface area contributed by atoms with Crippen molar-refractivity contribution in [1.29, 1.82) is 0 Å². The Bertz CT molecular complexity index is 736. The molecule has 3 rings (SSSR count). The van der Waals surface area contributed by atoms with Crippen LogP contribution in [0.4, 0.5) is 5.69 Å². The van der Waals surface area contributed by atoms with Crippen LogP contribution >= 0.6 is 15.9 Å². The van der Waals surface area contributed by atoms with E-state index in [1.165, 1.54) is 0 Å². The first-order valence-corrected chi connectivity index (χ1v) is 6.98. The van der Waals surface area contributed by atoms with E-state index in [-0.39, 0.29) is 0 Å². The quantitative estimate of drug-likeness (QED) is 0.750. The fraction of sp³-hybridized carbons (Fsp3) is 0.0667. The molecule has 0 saturated carbocycles. The van der Waals surface area contributed by atoms with Crippen molar-refractivity contribution in [3.05, 3.63) is 65.2 Å². The lowest BCUT2D eigenvalue weighted by atomic mass is 10.1. The predicted octanol–water partition coefficient (Wildman–Crippen LogP) is 3.34. The van der Waals surface area contributed by atoms with Gasteiger partial charge in [-0.05, 0) is 45.3 Å². The van der Waals surface area contributed by atoms with Crippen LogP contribution in [0.5, 0.6) is 0 Å². The highest BCUT2D eigenvalue weighted by Gasteiger charge is 2.03. The number of hydrogen-bond acceptors (Lipinski definition) is 3. The molecule has 2 aromatic heterocycles. The number of aromatic nitrogens is 3. The zero-order chi connectivity index (χ0) is 13.9. The summed E-state index contributed by atoms with van der Waals surface area (Å²) >= 11 is 3.42. The van der Waals surface area contributed by atoms with Crippen LogP contribution in [0.1, 0.15) is 5.56 Å². The van der Waals surface area contributed by atoms with Crippen molar-refractivity contribution in [3.8, 4) is 11.1 Å². The van der Waals surface area contributed by atoms with Gasteiger partial charge in [-0.15, -0.1) is 0 Å². The normalized spacial score (nSPS) is 10.7. The summed E-state index contributed by atoms with van der Waals surface area (Å²) in [6.45, 7) is 0.689. The average molecular weight is 329 g/mol. The molecule has 2 N–H and O–H groups in total. The molecule has 2 heterocycles. The Kier molecular flexibility index (Phi) is 3.52. The average Bonchev–Trinajstić information content (AvgIpc) is 2.87. The molecule has 3 aromatic rings. The van der Waals surface area contributed by atoms with Gasteiger partial charge < -0.3 is 5.73 Å². The summed E-state index contributed by atoms with van der Waals surface area (Å²) in [4.78, 5) is 4.15. The van der Waals surface area contributed by atoms with Crippen molar-refractivity contribution in [2.24, 2.45) is 0 Å². The van der Waals surface area contributed by atoms with Gasteiger partial charge in [0.1, 0.15) is 0 Å². The molecule has 0 saturated heterocycles. The number of nitrogens with two attached hydrogens (primary N) is 1. The number of rotatable bonds is 3. The monoisotopic (exact) mass is 328 g/mol. The van der Waals surface area contributed by atoms with Gasteiger partial charge >= 0.3 is 0 Å². The third kappa shape index (κ3) is 2.88. The molecule has 20 heavy (non-hydrogen) atoms. The lowest BCUT2D eigenvalue weighted by molar-refractivity contribution is 0.684. The molecule has 0 aliphatic rings. The van der Waals surface area contributed by atoms with Crippen molar-refractivity contribution in [2.75, 3.05) is 5.73 Å². The van der Waals surface area contributed by atoms with Gasteiger partial charge in [0.15, 0.2) is 0 Å². The first-order chi connectivity index (χ1) is 9.70.